The van der Waals surface area contributed by atoms with Crippen molar-refractivity contribution in [1.82, 2.24) is 10.2 Å². The molecule has 2 fully saturated rings. The summed E-state index contributed by atoms with van der Waals surface area (Å²) in [5, 5.41) is 3.06. The summed E-state index contributed by atoms with van der Waals surface area (Å²) in [4.78, 5) is 14.6. The zero-order chi connectivity index (χ0) is 13.2. The van der Waals surface area contributed by atoms with Gasteiger partial charge in [0, 0.05) is 18.6 Å². The average Bonchev–Trinajstić information content (AvgIpc) is 2.69. The lowest BCUT2D eigenvalue weighted by molar-refractivity contribution is -0.130. The molecule has 18 heavy (non-hydrogen) atoms. The van der Waals surface area contributed by atoms with Crippen LogP contribution in [0.25, 0.3) is 0 Å². The van der Waals surface area contributed by atoms with E-state index in [2.05, 4.69) is 17.3 Å². The van der Waals surface area contributed by atoms with Crippen molar-refractivity contribution in [2.45, 2.75) is 38.3 Å². The van der Waals surface area contributed by atoms with Crippen LogP contribution in [0.5, 0.6) is 0 Å². The van der Waals surface area contributed by atoms with Crippen LogP contribution in [0.2, 0.25) is 0 Å². The number of nitrogens with one attached hydrogen (secondary N) is 1. The van der Waals surface area contributed by atoms with Crippen molar-refractivity contribution in [1.29, 1.82) is 0 Å². The molecule has 0 aliphatic carbocycles. The third-order valence-electron chi connectivity index (χ3n) is 4.46. The maximum Gasteiger partial charge on any atom is 0.229 e. The van der Waals surface area contributed by atoms with Crippen LogP contribution in [-0.4, -0.2) is 56.2 Å². The van der Waals surface area contributed by atoms with Gasteiger partial charge < -0.3 is 20.7 Å². The van der Waals surface area contributed by atoms with E-state index in [9.17, 15) is 4.79 Å². The molecule has 0 radical (unpaired) electrons. The monoisotopic (exact) mass is 255 g/mol. The number of nitrogens with two attached hydrogens (primary N) is 1. The highest BCUT2D eigenvalue weighted by Crippen LogP contribution is 2.27. The molecule has 5 nitrogen and oxygen atoms in total. The standard InChI is InChI=1S/C13H25N3O2/c1-13(9-18-8-11(13)14)12(17)15-7-10-5-3-4-6-16(10)2/h10-11H,3-9,14H2,1-2H3,(H,15,17). The number of piperidine rings is 1. The minimum atomic E-state index is -0.562. The Morgan fingerprint density at radius 2 is 2.33 bits per heavy atom. The maximum absolute atomic E-state index is 12.2. The van der Waals surface area contributed by atoms with E-state index in [1.807, 2.05) is 6.92 Å². The highest BCUT2D eigenvalue weighted by Gasteiger charge is 2.44. The Bertz CT molecular complexity index is 311. The topological polar surface area (TPSA) is 67.6 Å². The van der Waals surface area contributed by atoms with Gasteiger partial charge in [0.15, 0.2) is 0 Å². The smallest absolute Gasteiger partial charge is 0.229 e. The summed E-state index contributed by atoms with van der Waals surface area (Å²) in [5.74, 6) is 0.0338. The molecule has 0 saturated carbocycles. The molecule has 2 aliphatic rings. The number of nitrogens with zero attached hydrogens (tertiary/aromatic N) is 1. The van der Waals surface area contributed by atoms with Gasteiger partial charge in [-0.2, -0.15) is 0 Å². The molecule has 2 heterocycles. The predicted octanol–water partition coefficient (Wildman–Crippen LogP) is -0.0493. The molecule has 0 aromatic heterocycles. The first-order chi connectivity index (χ1) is 8.54. The van der Waals surface area contributed by atoms with Gasteiger partial charge in [0.2, 0.25) is 5.91 Å². The highest BCUT2D eigenvalue weighted by molar-refractivity contribution is 5.83. The van der Waals surface area contributed by atoms with E-state index in [-0.39, 0.29) is 11.9 Å². The molecule has 0 spiro atoms. The highest BCUT2D eigenvalue weighted by atomic mass is 16.5. The lowest BCUT2D eigenvalue weighted by Crippen LogP contribution is -2.53. The van der Waals surface area contributed by atoms with Gasteiger partial charge in [-0.15, -0.1) is 0 Å². The summed E-state index contributed by atoms with van der Waals surface area (Å²) in [6.07, 6.45) is 3.68. The lowest BCUT2D eigenvalue weighted by atomic mass is 9.84. The number of ether oxygens (including phenoxy) is 1. The van der Waals surface area contributed by atoms with Crippen LogP contribution in [0.4, 0.5) is 0 Å². The molecular formula is C13H25N3O2. The average molecular weight is 255 g/mol. The number of amides is 1. The fourth-order valence-electron chi connectivity index (χ4n) is 2.74. The van der Waals surface area contributed by atoms with Crippen LogP contribution in [0, 0.1) is 5.41 Å². The molecule has 2 rings (SSSR count). The van der Waals surface area contributed by atoms with Crippen LogP contribution in [-0.2, 0) is 9.53 Å². The van der Waals surface area contributed by atoms with Crippen molar-refractivity contribution in [3.63, 3.8) is 0 Å². The molecule has 3 unspecified atom stereocenters. The van der Waals surface area contributed by atoms with E-state index in [4.69, 9.17) is 10.5 Å². The van der Waals surface area contributed by atoms with E-state index in [0.29, 0.717) is 19.3 Å². The second kappa shape index (κ2) is 5.55. The van der Waals surface area contributed by atoms with E-state index in [1.54, 1.807) is 0 Å². The van der Waals surface area contributed by atoms with E-state index >= 15 is 0 Å². The van der Waals surface area contributed by atoms with E-state index in [1.165, 1.54) is 12.8 Å². The number of likely N-dealkylation sites (tertiary alicyclic amines) is 1. The zero-order valence-corrected chi connectivity index (χ0v) is 11.4. The van der Waals surface area contributed by atoms with Gasteiger partial charge >= 0.3 is 0 Å². The Morgan fingerprint density at radius 1 is 1.56 bits per heavy atom. The molecule has 3 N–H and O–H groups in total. The molecule has 0 bridgehead atoms. The molecule has 5 heteroatoms. The zero-order valence-electron chi connectivity index (χ0n) is 11.4. The van der Waals surface area contributed by atoms with Crippen LogP contribution in [0.1, 0.15) is 26.2 Å². The Morgan fingerprint density at radius 3 is 2.94 bits per heavy atom. The number of hydrogen-bond acceptors (Lipinski definition) is 4. The second-order valence-electron chi connectivity index (χ2n) is 5.88. The minimum absolute atomic E-state index is 0.0338. The quantitative estimate of drug-likeness (QED) is 0.742. The summed E-state index contributed by atoms with van der Waals surface area (Å²) in [7, 11) is 2.13. The van der Waals surface area contributed by atoms with Crippen molar-refractivity contribution in [2.75, 3.05) is 33.4 Å². The third kappa shape index (κ3) is 2.68. The molecule has 1 amide bonds. The van der Waals surface area contributed by atoms with Crippen molar-refractivity contribution >= 4 is 5.91 Å². The van der Waals surface area contributed by atoms with Gasteiger partial charge in [-0.3, -0.25) is 4.79 Å². The molecule has 2 aliphatic heterocycles. The Kier molecular flexibility index (Phi) is 4.25. The molecule has 2 saturated heterocycles. The molecular weight excluding hydrogens is 230 g/mol. The maximum atomic E-state index is 12.2. The normalized spacial score (nSPS) is 37.7. The molecule has 3 atom stereocenters. The SMILES string of the molecule is CN1CCCCC1CNC(=O)C1(C)COCC1N. The molecule has 0 aromatic rings. The Balaban J connectivity index is 1.84. The predicted molar refractivity (Wildman–Crippen MR) is 70.2 cm³/mol. The number of hydrogen-bond donors (Lipinski definition) is 2. The van der Waals surface area contributed by atoms with Crippen LogP contribution in [0.15, 0.2) is 0 Å². The lowest BCUT2D eigenvalue weighted by Gasteiger charge is -2.34. The van der Waals surface area contributed by atoms with Gasteiger partial charge in [0.05, 0.1) is 18.6 Å². The summed E-state index contributed by atoms with van der Waals surface area (Å²) in [5.41, 5.74) is 5.39. The summed E-state index contributed by atoms with van der Waals surface area (Å²) in [6, 6.07) is 0.270. The van der Waals surface area contributed by atoms with Gasteiger partial charge in [0.25, 0.3) is 0 Å². The van der Waals surface area contributed by atoms with Crippen molar-refractivity contribution in [2.24, 2.45) is 11.1 Å². The van der Waals surface area contributed by atoms with Gasteiger partial charge in [0.1, 0.15) is 0 Å². The first-order valence-corrected chi connectivity index (χ1v) is 6.86. The second-order valence-corrected chi connectivity index (χ2v) is 5.88. The van der Waals surface area contributed by atoms with Crippen LogP contribution in [0.3, 0.4) is 0 Å². The fourth-order valence-corrected chi connectivity index (χ4v) is 2.74. The third-order valence-corrected chi connectivity index (χ3v) is 4.46. The number of rotatable bonds is 3. The minimum Gasteiger partial charge on any atom is -0.379 e. The van der Waals surface area contributed by atoms with Crippen molar-refractivity contribution in [3.8, 4) is 0 Å². The van der Waals surface area contributed by atoms with E-state index < -0.39 is 5.41 Å². The van der Waals surface area contributed by atoms with Crippen molar-refractivity contribution < 1.29 is 9.53 Å². The fraction of sp³-hybridized carbons (Fsp3) is 0.923. The summed E-state index contributed by atoms with van der Waals surface area (Å²) in [6.45, 7) is 4.65. The van der Waals surface area contributed by atoms with Crippen LogP contribution >= 0.6 is 0 Å². The van der Waals surface area contributed by atoms with Gasteiger partial charge in [-0.1, -0.05) is 6.42 Å². The summed E-state index contributed by atoms with van der Waals surface area (Å²) < 4.78 is 5.31. The van der Waals surface area contributed by atoms with Gasteiger partial charge in [-0.25, -0.2) is 0 Å². The van der Waals surface area contributed by atoms with E-state index in [0.717, 1.165) is 19.5 Å². The molecule has 0 aromatic carbocycles. The first-order valence-electron chi connectivity index (χ1n) is 6.86. The van der Waals surface area contributed by atoms with Crippen LogP contribution < -0.4 is 11.1 Å². The largest absolute Gasteiger partial charge is 0.379 e. The summed E-state index contributed by atoms with van der Waals surface area (Å²) >= 11 is 0. The first kappa shape index (κ1) is 13.8. The molecule has 104 valence electrons. The Labute approximate surface area is 109 Å². The Hall–Kier alpha value is -0.650. The number of likely N-dealkylation sites (N-methyl/N-ethyl adjacent to an activating group) is 1. The van der Waals surface area contributed by atoms with Gasteiger partial charge in [-0.05, 0) is 33.4 Å². The number of carbonyl (C=O) groups is 1. The van der Waals surface area contributed by atoms with Crippen molar-refractivity contribution in [3.05, 3.63) is 0 Å². The number of carbonyl (C=O) groups excluding carboxylic acids is 1.